The Bertz CT molecular complexity index is 651. The third kappa shape index (κ3) is 4.38. The first-order valence-electron chi connectivity index (χ1n) is 5.59. The Morgan fingerprint density at radius 3 is 2.63 bits per heavy atom. The van der Waals surface area contributed by atoms with Crippen molar-refractivity contribution in [3.8, 4) is 10.6 Å². The second-order valence-corrected chi connectivity index (χ2v) is 6.76. The SMILES string of the molecule is CS(=O)(=O)NCCc1csc(-c2ccc(F)cc2)n1. The number of aromatic nitrogens is 1. The molecule has 0 aliphatic carbocycles. The van der Waals surface area contributed by atoms with Crippen molar-refractivity contribution in [3.63, 3.8) is 0 Å². The van der Waals surface area contributed by atoms with Crippen LogP contribution in [0.3, 0.4) is 0 Å². The molecular weight excluding hydrogens is 287 g/mol. The fraction of sp³-hybridized carbons (Fsp3) is 0.250. The van der Waals surface area contributed by atoms with Crippen LogP contribution in [0.15, 0.2) is 29.6 Å². The van der Waals surface area contributed by atoms with E-state index in [-0.39, 0.29) is 5.82 Å². The van der Waals surface area contributed by atoms with Crippen molar-refractivity contribution in [2.45, 2.75) is 6.42 Å². The highest BCUT2D eigenvalue weighted by molar-refractivity contribution is 7.88. The zero-order valence-electron chi connectivity index (χ0n) is 10.3. The molecule has 0 saturated carbocycles. The van der Waals surface area contributed by atoms with E-state index in [1.807, 2.05) is 5.38 Å². The highest BCUT2D eigenvalue weighted by Crippen LogP contribution is 2.23. The van der Waals surface area contributed by atoms with E-state index in [1.165, 1.54) is 23.5 Å². The summed E-state index contributed by atoms with van der Waals surface area (Å²) in [6, 6.07) is 6.13. The van der Waals surface area contributed by atoms with Crippen molar-refractivity contribution in [3.05, 3.63) is 41.2 Å². The van der Waals surface area contributed by atoms with Crippen molar-refractivity contribution in [2.75, 3.05) is 12.8 Å². The molecule has 0 aliphatic rings. The molecule has 2 aromatic rings. The molecule has 0 fully saturated rings. The zero-order chi connectivity index (χ0) is 13.9. The summed E-state index contributed by atoms with van der Waals surface area (Å²) < 4.78 is 37.0. The maximum absolute atomic E-state index is 12.8. The van der Waals surface area contributed by atoms with Crippen molar-refractivity contribution < 1.29 is 12.8 Å². The van der Waals surface area contributed by atoms with Gasteiger partial charge in [-0.2, -0.15) is 0 Å². The van der Waals surface area contributed by atoms with Gasteiger partial charge in [0.1, 0.15) is 10.8 Å². The average Bonchev–Trinajstić information content (AvgIpc) is 2.77. The summed E-state index contributed by atoms with van der Waals surface area (Å²) in [5.74, 6) is -0.280. The third-order valence-corrected chi connectivity index (χ3v) is 4.06. The average molecular weight is 300 g/mol. The normalized spacial score (nSPS) is 11.7. The lowest BCUT2D eigenvalue weighted by atomic mass is 10.2. The number of hydrogen-bond donors (Lipinski definition) is 1. The Kier molecular flexibility index (Phi) is 4.28. The first-order chi connectivity index (χ1) is 8.94. The van der Waals surface area contributed by atoms with Crippen LogP contribution < -0.4 is 4.72 Å². The lowest BCUT2D eigenvalue weighted by Gasteiger charge is -1.99. The highest BCUT2D eigenvalue weighted by atomic mass is 32.2. The zero-order valence-corrected chi connectivity index (χ0v) is 11.9. The van der Waals surface area contributed by atoms with Crippen LogP contribution in [-0.2, 0) is 16.4 Å². The third-order valence-electron chi connectivity index (χ3n) is 2.39. The van der Waals surface area contributed by atoms with Crippen LogP contribution in [0.1, 0.15) is 5.69 Å². The van der Waals surface area contributed by atoms with Gasteiger partial charge in [-0.05, 0) is 24.3 Å². The molecule has 0 spiro atoms. The van der Waals surface area contributed by atoms with Gasteiger partial charge in [-0.25, -0.2) is 22.5 Å². The predicted molar refractivity (Wildman–Crippen MR) is 74.1 cm³/mol. The molecule has 0 aliphatic heterocycles. The fourth-order valence-electron chi connectivity index (χ4n) is 1.51. The van der Waals surface area contributed by atoms with Gasteiger partial charge < -0.3 is 0 Å². The van der Waals surface area contributed by atoms with Gasteiger partial charge in [0.2, 0.25) is 10.0 Å². The minimum atomic E-state index is -3.16. The molecule has 2 rings (SSSR count). The quantitative estimate of drug-likeness (QED) is 0.919. The van der Waals surface area contributed by atoms with Gasteiger partial charge in [0.05, 0.1) is 11.9 Å². The lowest BCUT2D eigenvalue weighted by Crippen LogP contribution is -2.24. The summed E-state index contributed by atoms with van der Waals surface area (Å²) in [7, 11) is -3.16. The molecule has 1 aromatic heterocycles. The summed E-state index contributed by atoms with van der Waals surface area (Å²) in [5, 5.41) is 2.68. The monoisotopic (exact) mass is 300 g/mol. The summed E-state index contributed by atoms with van der Waals surface area (Å²) in [6.07, 6.45) is 1.66. The maximum Gasteiger partial charge on any atom is 0.208 e. The van der Waals surface area contributed by atoms with E-state index < -0.39 is 10.0 Å². The molecule has 1 heterocycles. The number of hydrogen-bond acceptors (Lipinski definition) is 4. The lowest BCUT2D eigenvalue weighted by molar-refractivity contribution is 0.587. The van der Waals surface area contributed by atoms with Gasteiger partial charge in [0.15, 0.2) is 0 Å². The topological polar surface area (TPSA) is 59.1 Å². The first-order valence-corrected chi connectivity index (χ1v) is 8.36. The van der Waals surface area contributed by atoms with Crippen LogP contribution in [0.25, 0.3) is 10.6 Å². The van der Waals surface area contributed by atoms with Crippen LogP contribution in [0.2, 0.25) is 0 Å². The Hall–Kier alpha value is -1.31. The van der Waals surface area contributed by atoms with Gasteiger partial charge in [-0.3, -0.25) is 0 Å². The van der Waals surface area contributed by atoms with Gasteiger partial charge in [-0.1, -0.05) is 0 Å². The van der Waals surface area contributed by atoms with Crippen molar-refractivity contribution in [1.29, 1.82) is 0 Å². The van der Waals surface area contributed by atoms with Crippen LogP contribution in [0.4, 0.5) is 4.39 Å². The molecule has 1 aromatic carbocycles. The number of sulfonamides is 1. The van der Waals surface area contributed by atoms with Crippen molar-refractivity contribution in [2.24, 2.45) is 0 Å². The van der Waals surface area contributed by atoms with E-state index in [1.54, 1.807) is 12.1 Å². The molecule has 0 bridgehead atoms. The molecule has 102 valence electrons. The minimum absolute atomic E-state index is 0.280. The largest absolute Gasteiger partial charge is 0.241 e. The van der Waals surface area contributed by atoms with E-state index >= 15 is 0 Å². The molecule has 0 unspecified atom stereocenters. The van der Waals surface area contributed by atoms with Crippen molar-refractivity contribution >= 4 is 21.4 Å². The van der Waals surface area contributed by atoms with Gasteiger partial charge in [-0.15, -0.1) is 11.3 Å². The summed E-state index contributed by atoms with van der Waals surface area (Å²) >= 11 is 1.46. The van der Waals surface area contributed by atoms with Crippen LogP contribution >= 0.6 is 11.3 Å². The smallest absolute Gasteiger partial charge is 0.208 e. The van der Waals surface area contributed by atoms with E-state index in [2.05, 4.69) is 9.71 Å². The van der Waals surface area contributed by atoms with Crippen LogP contribution in [0, 0.1) is 5.82 Å². The molecular formula is C12H13FN2O2S2. The minimum Gasteiger partial charge on any atom is -0.241 e. The van der Waals surface area contributed by atoms with Gasteiger partial charge in [0, 0.05) is 23.9 Å². The number of rotatable bonds is 5. The van der Waals surface area contributed by atoms with Gasteiger partial charge >= 0.3 is 0 Å². The Balaban J connectivity index is 2.01. The van der Waals surface area contributed by atoms with Crippen molar-refractivity contribution in [1.82, 2.24) is 9.71 Å². The number of thiazole rings is 1. The number of benzene rings is 1. The fourth-order valence-corrected chi connectivity index (χ4v) is 2.84. The molecule has 7 heteroatoms. The Morgan fingerprint density at radius 1 is 1.32 bits per heavy atom. The van der Waals surface area contributed by atoms with E-state index in [0.29, 0.717) is 13.0 Å². The second kappa shape index (κ2) is 5.77. The number of halogens is 1. The summed E-state index contributed by atoms with van der Waals surface area (Å²) in [4.78, 5) is 4.39. The predicted octanol–water partition coefficient (Wildman–Crippen LogP) is 2.04. The number of nitrogens with zero attached hydrogens (tertiary/aromatic N) is 1. The Labute approximate surface area is 115 Å². The molecule has 19 heavy (non-hydrogen) atoms. The van der Waals surface area contributed by atoms with E-state index in [4.69, 9.17) is 0 Å². The molecule has 0 atom stereocenters. The molecule has 0 radical (unpaired) electrons. The molecule has 0 saturated heterocycles. The second-order valence-electron chi connectivity index (χ2n) is 4.07. The van der Waals surface area contributed by atoms with Crippen LogP contribution in [-0.4, -0.2) is 26.2 Å². The summed E-state index contributed by atoms with van der Waals surface area (Å²) in [6.45, 7) is 0.325. The number of nitrogens with one attached hydrogen (secondary N) is 1. The summed E-state index contributed by atoms with van der Waals surface area (Å²) in [5.41, 5.74) is 1.68. The standard InChI is InChI=1S/C12H13FN2O2S2/c1-19(16,17)14-7-6-11-8-18-12(15-11)9-2-4-10(13)5-3-9/h2-5,8,14H,6-7H2,1H3. The first kappa shape index (κ1) is 14.1. The van der Waals surface area contributed by atoms with Gasteiger partial charge in [0.25, 0.3) is 0 Å². The van der Waals surface area contributed by atoms with E-state index in [0.717, 1.165) is 22.5 Å². The molecule has 0 amide bonds. The Morgan fingerprint density at radius 2 is 2.00 bits per heavy atom. The van der Waals surface area contributed by atoms with Crippen LogP contribution in [0.5, 0.6) is 0 Å². The maximum atomic E-state index is 12.8. The highest BCUT2D eigenvalue weighted by Gasteiger charge is 2.06. The molecule has 1 N–H and O–H groups in total. The molecule has 4 nitrogen and oxygen atoms in total. The van der Waals surface area contributed by atoms with E-state index in [9.17, 15) is 12.8 Å².